The van der Waals surface area contributed by atoms with Crippen LogP contribution in [0.4, 0.5) is 10.6 Å². The molecule has 1 atom stereocenters. The van der Waals surface area contributed by atoms with Crippen molar-refractivity contribution in [1.29, 1.82) is 0 Å². The van der Waals surface area contributed by atoms with E-state index < -0.39 is 0 Å². The molecule has 2 fully saturated rings. The number of rotatable bonds is 5. The van der Waals surface area contributed by atoms with Gasteiger partial charge >= 0.3 is 6.09 Å². The Hall–Kier alpha value is -1.86. The van der Waals surface area contributed by atoms with Crippen LogP contribution >= 0.6 is 0 Å². The molecule has 7 heteroatoms. The number of amides is 1. The lowest BCUT2D eigenvalue weighted by molar-refractivity contribution is 0.0950. The number of anilines is 1. The second kappa shape index (κ2) is 9.19. The SMILES string of the molecule is CCOC(=O)N1CCC(NCc2cccnc2N2CCC[C@H](O)C2)CC1. The van der Waals surface area contributed by atoms with E-state index >= 15 is 0 Å². The van der Waals surface area contributed by atoms with Crippen LogP contribution in [0.1, 0.15) is 38.2 Å². The second-order valence-corrected chi connectivity index (χ2v) is 7.07. The highest BCUT2D eigenvalue weighted by atomic mass is 16.6. The van der Waals surface area contributed by atoms with Gasteiger partial charge in [-0.05, 0) is 38.7 Å². The zero-order valence-corrected chi connectivity index (χ0v) is 15.6. The summed E-state index contributed by atoms with van der Waals surface area (Å²) in [5.74, 6) is 0.975. The van der Waals surface area contributed by atoms with Crippen LogP contribution < -0.4 is 10.2 Å². The molecule has 0 saturated carbocycles. The Morgan fingerprint density at radius 3 is 2.88 bits per heavy atom. The molecule has 0 spiro atoms. The molecule has 2 saturated heterocycles. The average Bonchev–Trinajstić information content (AvgIpc) is 2.67. The third kappa shape index (κ3) is 4.86. The molecular weight excluding hydrogens is 332 g/mol. The fraction of sp³-hybridized carbons (Fsp3) is 0.684. The van der Waals surface area contributed by atoms with E-state index in [1.54, 1.807) is 4.90 Å². The molecule has 2 aliphatic heterocycles. The summed E-state index contributed by atoms with van der Waals surface area (Å²) in [7, 11) is 0. The van der Waals surface area contributed by atoms with Crippen molar-refractivity contribution in [3.05, 3.63) is 23.9 Å². The molecule has 1 aromatic heterocycles. The van der Waals surface area contributed by atoms with Gasteiger partial charge in [-0.2, -0.15) is 0 Å². The minimum absolute atomic E-state index is 0.204. The molecular formula is C19H30N4O3. The van der Waals surface area contributed by atoms with Crippen molar-refractivity contribution in [1.82, 2.24) is 15.2 Å². The van der Waals surface area contributed by atoms with E-state index in [0.717, 1.165) is 63.2 Å². The smallest absolute Gasteiger partial charge is 0.409 e. The van der Waals surface area contributed by atoms with Crippen molar-refractivity contribution in [3.63, 3.8) is 0 Å². The first kappa shape index (κ1) is 18.9. The first-order valence-electron chi connectivity index (χ1n) is 9.69. The fourth-order valence-corrected chi connectivity index (χ4v) is 3.74. The molecule has 0 aromatic carbocycles. The highest BCUT2D eigenvalue weighted by Gasteiger charge is 2.24. The Morgan fingerprint density at radius 1 is 1.35 bits per heavy atom. The number of carbonyl (C=O) groups is 1. The van der Waals surface area contributed by atoms with E-state index in [-0.39, 0.29) is 12.2 Å². The number of carbonyl (C=O) groups excluding carboxylic acids is 1. The summed E-state index contributed by atoms with van der Waals surface area (Å²) in [5.41, 5.74) is 1.16. The maximum atomic E-state index is 11.8. The Kier molecular flexibility index (Phi) is 6.68. The molecule has 1 aromatic rings. The molecule has 1 amide bonds. The van der Waals surface area contributed by atoms with E-state index in [1.165, 1.54) is 0 Å². The molecule has 144 valence electrons. The van der Waals surface area contributed by atoms with Crippen molar-refractivity contribution in [3.8, 4) is 0 Å². The number of nitrogens with zero attached hydrogens (tertiary/aromatic N) is 3. The molecule has 3 rings (SSSR count). The van der Waals surface area contributed by atoms with Crippen molar-refractivity contribution in [2.45, 2.75) is 51.3 Å². The van der Waals surface area contributed by atoms with Gasteiger partial charge in [0.1, 0.15) is 5.82 Å². The molecule has 0 unspecified atom stereocenters. The van der Waals surface area contributed by atoms with Gasteiger partial charge in [-0.15, -0.1) is 0 Å². The predicted molar refractivity (Wildman–Crippen MR) is 100 cm³/mol. The van der Waals surface area contributed by atoms with Crippen molar-refractivity contribution in [2.24, 2.45) is 0 Å². The van der Waals surface area contributed by atoms with Crippen molar-refractivity contribution in [2.75, 3.05) is 37.7 Å². The Morgan fingerprint density at radius 2 is 2.15 bits per heavy atom. The summed E-state index contributed by atoms with van der Waals surface area (Å²) in [5, 5.41) is 13.6. The highest BCUT2D eigenvalue weighted by molar-refractivity contribution is 5.67. The van der Waals surface area contributed by atoms with Gasteiger partial charge in [-0.1, -0.05) is 6.07 Å². The molecule has 7 nitrogen and oxygen atoms in total. The third-order valence-electron chi connectivity index (χ3n) is 5.17. The number of aliphatic hydroxyl groups is 1. The normalized spacial score (nSPS) is 21.7. The molecule has 0 bridgehead atoms. The lowest BCUT2D eigenvalue weighted by Crippen LogP contribution is -2.45. The standard InChI is InChI=1S/C19H30N4O3/c1-2-26-19(25)22-11-7-16(8-12-22)21-13-15-5-3-9-20-18(15)23-10-4-6-17(24)14-23/h3,5,9,16-17,21,24H,2,4,6-8,10-14H2,1H3/t17-/m0/s1. The number of nitrogens with one attached hydrogen (secondary N) is 1. The first-order valence-corrected chi connectivity index (χ1v) is 9.69. The van der Waals surface area contributed by atoms with Crippen LogP contribution in [-0.4, -0.2) is 66.0 Å². The molecule has 0 aliphatic carbocycles. The van der Waals surface area contributed by atoms with E-state index in [0.29, 0.717) is 19.2 Å². The van der Waals surface area contributed by atoms with Crippen LogP contribution in [0.25, 0.3) is 0 Å². The molecule has 0 radical (unpaired) electrons. The van der Waals surface area contributed by atoms with Crippen LogP contribution in [0.3, 0.4) is 0 Å². The van der Waals surface area contributed by atoms with E-state index in [2.05, 4.69) is 21.3 Å². The van der Waals surface area contributed by atoms with Gasteiger partial charge < -0.3 is 25.0 Å². The summed E-state index contributed by atoms with van der Waals surface area (Å²) in [4.78, 5) is 20.3. The number of pyridine rings is 1. The molecule has 26 heavy (non-hydrogen) atoms. The van der Waals surface area contributed by atoms with Gasteiger partial charge in [-0.25, -0.2) is 9.78 Å². The summed E-state index contributed by atoms with van der Waals surface area (Å²) < 4.78 is 5.07. The summed E-state index contributed by atoms with van der Waals surface area (Å²) in [6, 6.07) is 4.45. The van der Waals surface area contributed by atoms with Gasteiger partial charge in [0, 0.05) is 50.5 Å². The third-order valence-corrected chi connectivity index (χ3v) is 5.17. The lowest BCUT2D eigenvalue weighted by Gasteiger charge is -2.33. The number of ether oxygens (including phenoxy) is 1. The molecule has 3 heterocycles. The lowest BCUT2D eigenvalue weighted by atomic mass is 10.0. The van der Waals surface area contributed by atoms with Gasteiger partial charge in [0.2, 0.25) is 0 Å². The fourth-order valence-electron chi connectivity index (χ4n) is 3.74. The maximum absolute atomic E-state index is 11.8. The number of likely N-dealkylation sites (tertiary alicyclic amines) is 1. The van der Waals surface area contributed by atoms with Crippen molar-refractivity contribution < 1.29 is 14.6 Å². The number of aliphatic hydroxyl groups excluding tert-OH is 1. The Bertz CT molecular complexity index is 590. The predicted octanol–water partition coefficient (Wildman–Crippen LogP) is 1.75. The number of piperidine rings is 2. The van der Waals surface area contributed by atoms with Crippen LogP contribution in [0, 0.1) is 0 Å². The van der Waals surface area contributed by atoms with Gasteiger partial charge in [0.25, 0.3) is 0 Å². The summed E-state index contributed by atoms with van der Waals surface area (Å²) in [6.45, 7) is 6.06. The number of hydrogen-bond donors (Lipinski definition) is 2. The van der Waals surface area contributed by atoms with Gasteiger partial charge in [0.05, 0.1) is 12.7 Å². The van der Waals surface area contributed by atoms with Crippen LogP contribution in [0.15, 0.2) is 18.3 Å². The van der Waals surface area contributed by atoms with Crippen LogP contribution in [-0.2, 0) is 11.3 Å². The molecule has 2 N–H and O–H groups in total. The summed E-state index contributed by atoms with van der Waals surface area (Å²) in [6.07, 6.45) is 5.07. The van der Waals surface area contributed by atoms with Crippen LogP contribution in [0.2, 0.25) is 0 Å². The topological polar surface area (TPSA) is 77.9 Å². The zero-order chi connectivity index (χ0) is 18.4. The number of β-amino-alcohol motifs (C(OH)–C–C–N with tert-alkyl or cyclic N) is 1. The van der Waals surface area contributed by atoms with Crippen molar-refractivity contribution >= 4 is 11.9 Å². The second-order valence-electron chi connectivity index (χ2n) is 7.07. The maximum Gasteiger partial charge on any atom is 0.409 e. The minimum atomic E-state index is -0.265. The Balaban J connectivity index is 1.52. The largest absolute Gasteiger partial charge is 0.450 e. The van der Waals surface area contributed by atoms with Crippen LogP contribution in [0.5, 0.6) is 0 Å². The molecule has 2 aliphatic rings. The van der Waals surface area contributed by atoms with E-state index in [9.17, 15) is 9.90 Å². The average molecular weight is 362 g/mol. The highest BCUT2D eigenvalue weighted by Crippen LogP contribution is 2.22. The first-order chi connectivity index (χ1) is 12.7. The monoisotopic (exact) mass is 362 g/mol. The van der Waals surface area contributed by atoms with E-state index in [1.807, 2.05) is 19.2 Å². The Labute approximate surface area is 155 Å². The number of aromatic nitrogens is 1. The number of hydrogen-bond acceptors (Lipinski definition) is 6. The van der Waals surface area contributed by atoms with E-state index in [4.69, 9.17) is 4.74 Å². The zero-order valence-electron chi connectivity index (χ0n) is 15.6. The van der Waals surface area contributed by atoms with Gasteiger partial charge in [-0.3, -0.25) is 0 Å². The quantitative estimate of drug-likeness (QED) is 0.831. The minimum Gasteiger partial charge on any atom is -0.450 e. The van der Waals surface area contributed by atoms with Gasteiger partial charge in [0.15, 0.2) is 0 Å². The summed E-state index contributed by atoms with van der Waals surface area (Å²) >= 11 is 0.